The van der Waals surface area contributed by atoms with Crippen LogP contribution in [0.3, 0.4) is 0 Å². The molecule has 1 heterocycles. The Hall–Kier alpha value is -2.19. The number of alkyl halides is 3. The third-order valence-electron chi connectivity index (χ3n) is 1.65. The third-order valence-corrected chi connectivity index (χ3v) is 1.65. The van der Waals surface area contributed by atoms with Gasteiger partial charge >= 0.3 is 18.2 Å². The molecular formula is C9H8F3NO5. The summed E-state index contributed by atoms with van der Waals surface area (Å²) < 4.78 is 43.6. The second-order valence-electron chi connectivity index (χ2n) is 3.12. The highest BCUT2D eigenvalue weighted by molar-refractivity contribution is 5.84. The lowest BCUT2D eigenvalue weighted by Crippen LogP contribution is -2.28. The van der Waals surface area contributed by atoms with Crippen molar-refractivity contribution in [1.29, 1.82) is 0 Å². The van der Waals surface area contributed by atoms with Gasteiger partial charge in [0.15, 0.2) is 6.61 Å². The predicted molar refractivity (Wildman–Crippen MR) is 49.9 cm³/mol. The van der Waals surface area contributed by atoms with Crippen molar-refractivity contribution < 1.29 is 37.0 Å². The summed E-state index contributed by atoms with van der Waals surface area (Å²) in [5.74, 6) is -1.55. The predicted octanol–water partition coefficient (Wildman–Crippen LogP) is 1.77. The van der Waals surface area contributed by atoms with Crippen LogP contribution in [0.4, 0.5) is 18.0 Å². The fourth-order valence-electron chi connectivity index (χ4n) is 0.946. The average Bonchev–Trinajstić information content (AvgIpc) is 2.71. The van der Waals surface area contributed by atoms with Crippen molar-refractivity contribution in [2.45, 2.75) is 12.7 Å². The Morgan fingerprint density at radius 3 is 2.56 bits per heavy atom. The van der Waals surface area contributed by atoms with Crippen LogP contribution in [-0.4, -0.2) is 30.0 Å². The summed E-state index contributed by atoms with van der Waals surface area (Å²) in [6, 6.07) is 2.42. The molecular weight excluding hydrogens is 259 g/mol. The minimum Gasteiger partial charge on any atom is -0.475 e. The van der Waals surface area contributed by atoms with Crippen LogP contribution in [0.5, 0.6) is 0 Å². The van der Waals surface area contributed by atoms with Crippen molar-refractivity contribution in [2.24, 2.45) is 0 Å². The highest BCUT2D eigenvalue weighted by Crippen LogP contribution is 2.14. The summed E-state index contributed by atoms with van der Waals surface area (Å²) in [4.78, 5) is 21.2. The van der Waals surface area contributed by atoms with Gasteiger partial charge in [0.05, 0.1) is 6.54 Å². The molecule has 0 aliphatic heterocycles. The average molecular weight is 267 g/mol. The molecule has 0 aliphatic carbocycles. The van der Waals surface area contributed by atoms with E-state index in [4.69, 9.17) is 9.52 Å². The fraction of sp³-hybridized carbons (Fsp3) is 0.333. The molecule has 0 saturated heterocycles. The number of furan rings is 1. The van der Waals surface area contributed by atoms with Crippen LogP contribution in [0.15, 0.2) is 16.5 Å². The fourth-order valence-corrected chi connectivity index (χ4v) is 0.946. The van der Waals surface area contributed by atoms with Crippen LogP contribution in [0.2, 0.25) is 0 Å². The minimum absolute atomic E-state index is 0.0800. The number of ether oxygens (including phenoxy) is 1. The standard InChI is InChI=1S/C9H8F3NO5/c10-9(11,12)4-17-8(16)13-3-5-1-2-6(18-5)7(14)15/h1-2H,3-4H2,(H,13,16)(H,14,15). The number of nitrogens with one attached hydrogen (secondary N) is 1. The van der Waals surface area contributed by atoms with Gasteiger partial charge in [0.2, 0.25) is 5.76 Å². The van der Waals surface area contributed by atoms with Gasteiger partial charge in [0.25, 0.3) is 0 Å². The number of carbonyl (C=O) groups is 2. The lowest BCUT2D eigenvalue weighted by atomic mass is 10.4. The number of hydrogen-bond donors (Lipinski definition) is 2. The van der Waals surface area contributed by atoms with Gasteiger partial charge < -0.3 is 19.6 Å². The number of carboxylic acid groups (broad SMARTS) is 1. The first-order chi connectivity index (χ1) is 8.28. The maximum Gasteiger partial charge on any atom is 0.422 e. The first-order valence-corrected chi connectivity index (χ1v) is 4.57. The summed E-state index contributed by atoms with van der Waals surface area (Å²) in [5.41, 5.74) is 0. The first kappa shape index (κ1) is 13.9. The Morgan fingerprint density at radius 1 is 1.39 bits per heavy atom. The second kappa shape index (κ2) is 5.43. The molecule has 0 bridgehead atoms. The van der Waals surface area contributed by atoms with Crippen LogP contribution in [0, 0.1) is 0 Å². The van der Waals surface area contributed by atoms with Crippen LogP contribution in [0.1, 0.15) is 16.3 Å². The zero-order valence-electron chi connectivity index (χ0n) is 8.78. The van der Waals surface area contributed by atoms with Crippen molar-refractivity contribution >= 4 is 12.1 Å². The summed E-state index contributed by atoms with van der Waals surface area (Å²) >= 11 is 0. The lowest BCUT2D eigenvalue weighted by molar-refractivity contribution is -0.160. The summed E-state index contributed by atoms with van der Waals surface area (Å²) in [6.45, 7) is -1.97. The Bertz CT molecular complexity index is 440. The van der Waals surface area contributed by atoms with E-state index in [9.17, 15) is 22.8 Å². The number of alkyl carbamates (subject to hydrolysis) is 1. The first-order valence-electron chi connectivity index (χ1n) is 4.57. The SMILES string of the molecule is O=C(NCc1ccc(C(=O)O)o1)OCC(F)(F)F. The molecule has 0 fully saturated rings. The quantitative estimate of drug-likeness (QED) is 0.867. The molecule has 0 radical (unpaired) electrons. The van der Waals surface area contributed by atoms with Gasteiger partial charge in [0.1, 0.15) is 5.76 Å². The van der Waals surface area contributed by atoms with Crippen LogP contribution in [-0.2, 0) is 11.3 Å². The van der Waals surface area contributed by atoms with Crippen molar-refractivity contribution in [2.75, 3.05) is 6.61 Å². The maximum atomic E-state index is 11.7. The molecule has 0 unspecified atom stereocenters. The molecule has 6 nitrogen and oxygen atoms in total. The zero-order valence-corrected chi connectivity index (χ0v) is 8.78. The van der Waals surface area contributed by atoms with Crippen LogP contribution >= 0.6 is 0 Å². The van der Waals surface area contributed by atoms with E-state index in [1.807, 2.05) is 5.32 Å². The van der Waals surface area contributed by atoms with E-state index in [1.165, 1.54) is 6.07 Å². The highest BCUT2D eigenvalue weighted by Gasteiger charge is 2.29. The number of rotatable bonds is 4. The van der Waals surface area contributed by atoms with E-state index >= 15 is 0 Å². The Kier molecular flexibility index (Phi) is 4.18. The molecule has 0 spiro atoms. The Balaban J connectivity index is 2.36. The van der Waals surface area contributed by atoms with Crippen molar-refractivity contribution in [3.63, 3.8) is 0 Å². The molecule has 1 rings (SSSR count). The molecule has 1 aromatic heterocycles. The number of hydrogen-bond acceptors (Lipinski definition) is 4. The Morgan fingerprint density at radius 2 is 2.06 bits per heavy atom. The number of carbonyl (C=O) groups excluding carboxylic acids is 1. The maximum absolute atomic E-state index is 11.7. The monoisotopic (exact) mass is 267 g/mol. The van der Waals surface area contributed by atoms with Crippen molar-refractivity contribution in [3.05, 3.63) is 23.7 Å². The van der Waals surface area contributed by atoms with Gasteiger partial charge in [0, 0.05) is 0 Å². The topological polar surface area (TPSA) is 88.8 Å². The van der Waals surface area contributed by atoms with Gasteiger partial charge in [-0.3, -0.25) is 0 Å². The molecule has 18 heavy (non-hydrogen) atoms. The van der Waals surface area contributed by atoms with Gasteiger partial charge in [-0.15, -0.1) is 0 Å². The largest absolute Gasteiger partial charge is 0.475 e. The molecule has 0 saturated carbocycles. The van der Waals surface area contributed by atoms with E-state index in [1.54, 1.807) is 0 Å². The number of aromatic carboxylic acids is 1. The molecule has 1 amide bonds. The van der Waals surface area contributed by atoms with E-state index in [0.717, 1.165) is 6.07 Å². The number of halogens is 3. The van der Waals surface area contributed by atoms with Gasteiger partial charge in [-0.05, 0) is 12.1 Å². The molecule has 100 valence electrons. The second-order valence-corrected chi connectivity index (χ2v) is 3.12. The molecule has 0 aliphatic rings. The normalized spacial score (nSPS) is 11.1. The zero-order chi connectivity index (χ0) is 13.8. The number of carboxylic acids is 1. The molecule has 9 heteroatoms. The minimum atomic E-state index is -4.60. The van der Waals surface area contributed by atoms with E-state index < -0.39 is 24.8 Å². The van der Waals surface area contributed by atoms with Gasteiger partial charge in [-0.1, -0.05) is 0 Å². The molecule has 2 N–H and O–H groups in total. The van der Waals surface area contributed by atoms with Gasteiger partial charge in [-0.25, -0.2) is 9.59 Å². The summed E-state index contributed by atoms with van der Waals surface area (Å²) in [7, 11) is 0. The smallest absolute Gasteiger partial charge is 0.422 e. The van der Waals surface area contributed by atoms with Gasteiger partial charge in [-0.2, -0.15) is 13.2 Å². The third kappa shape index (κ3) is 4.76. The van der Waals surface area contributed by atoms with Crippen molar-refractivity contribution in [1.82, 2.24) is 5.32 Å². The van der Waals surface area contributed by atoms with E-state index in [0.29, 0.717) is 0 Å². The van der Waals surface area contributed by atoms with E-state index in [2.05, 4.69) is 4.74 Å². The number of amides is 1. The highest BCUT2D eigenvalue weighted by atomic mass is 19.4. The molecule has 1 aromatic rings. The van der Waals surface area contributed by atoms with E-state index in [-0.39, 0.29) is 18.1 Å². The van der Waals surface area contributed by atoms with Crippen molar-refractivity contribution in [3.8, 4) is 0 Å². The molecule has 0 aromatic carbocycles. The summed E-state index contributed by atoms with van der Waals surface area (Å²) in [5, 5.41) is 10.5. The van der Waals surface area contributed by atoms with Crippen LogP contribution in [0.25, 0.3) is 0 Å². The lowest BCUT2D eigenvalue weighted by Gasteiger charge is -2.08. The van der Waals surface area contributed by atoms with Crippen LogP contribution < -0.4 is 5.32 Å². The summed E-state index contributed by atoms with van der Waals surface area (Å²) in [6.07, 6.45) is -5.88. The Labute approximate surface area is 98.3 Å². The molecule has 0 atom stereocenters.